The van der Waals surface area contributed by atoms with Gasteiger partial charge in [0.05, 0.1) is 18.2 Å². The zero-order valence-electron chi connectivity index (χ0n) is 11.0. The van der Waals surface area contributed by atoms with Crippen molar-refractivity contribution >= 4 is 21.6 Å². The Morgan fingerprint density at radius 1 is 1.42 bits per heavy atom. The fourth-order valence-corrected chi connectivity index (χ4v) is 2.68. The van der Waals surface area contributed by atoms with Crippen molar-refractivity contribution in [2.75, 3.05) is 40.4 Å². The lowest BCUT2D eigenvalue weighted by atomic mass is 10.5. The fourth-order valence-electron chi connectivity index (χ4n) is 1.24. The van der Waals surface area contributed by atoms with E-state index in [1.165, 1.54) is 18.5 Å². The number of pyridine rings is 1. The highest BCUT2D eigenvalue weighted by Gasteiger charge is 2.17. The second kappa shape index (κ2) is 7.76. The highest BCUT2D eigenvalue weighted by atomic mass is 35.5. The molecule has 1 N–H and O–H groups in total. The predicted molar refractivity (Wildman–Crippen MR) is 73.8 cm³/mol. The van der Waals surface area contributed by atoms with Gasteiger partial charge in [-0.2, -0.15) is 0 Å². The molecule has 0 saturated heterocycles. The molecule has 0 aliphatic heterocycles. The molecule has 1 aromatic heterocycles. The third-order valence-electron chi connectivity index (χ3n) is 2.24. The number of hydrogen-bond acceptors (Lipinski definition) is 5. The lowest BCUT2D eigenvalue weighted by Gasteiger charge is -2.10. The molecule has 0 aromatic carbocycles. The molecular formula is C11H18ClN3O3S. The van der Waals surface area contributed by atoms with E-state index in [2.05, 4.69) is 9.71 Å². The van der Waals surface area contributed by atoms with E-state index in [4.69, 9.17) is 16.3 Å². The third-order valence-corrected chi connectivity index (χ3v) is 4.18. The SMILES string of the molecule is CN(C)CCOCCNS(=O)(=O)c1cnccc1Cl. The topological polar surface area (TPSA) is 71.5 Å². The molecule has 19 heavy (non-hydrogen) atoms. The Kier molecular flexibility index (Phi) is 6.67. The van der Waals surface area contributed by atoms with Crippen molar-refractivity contribution in [3.8, 4) is 0 Å². The third kappa shape index (κ3) is 5.84. The number of hydrogen-bond donors (Lipinski definition) is 1. The number of aromatic nitrogens is 1. The second-order valence-electron chi connectivity index (χ2n) is 4.12. The van der Waals surface area contributed by atoms with Gasteiger partial charge in [-0.05, 0) is 20.2 Å². The summed E-state index contributed by atoms with van der Waals surface area (Å²) in [6.45, 7) is 1.86. The van der Waals surface area contributed by atoms with Crippen molar-refractivity contribution in [2.45, 2.75) is 4.90 Å². The van der Waals surface area contributed by atoms with Crippen LogP contribution in [0.5, 0.6) is 0 Å². The molecule has 0 radical (unpaired) electrons. The predicted octanol–water partition coefficient (Wildman–Crippen LogP) is 0.591. The van der Waals surface area contributed by atoms with Crippen LogP contribution in [0.4, 0.5) is 0 Å². The minimum Gasteiger partial charge on any atom is -0.379 e. The Labute approximate surface area is 118 Å². The molecule has 1 rings (SSSR count). The summed E-state index contributed by atoms with van der Waals surface area (Å²) in [4.78, 5) is 5.71. The second-order valence-corrected chi connectivity index (χ2v) is 6.26. The van der Waals surface area contributed by atoms with E-state index in [1.54, 1.807) is 0 Å². The van der Waals surface area contributed by atoms with Crippen molar-refractivity contribution in [1.82, 2.24) is 14.6 Å². The van der Waals surface area contributed by atoms with Crippen LogP contribution in [0.3, 0.4) is 0 Å². The van der Waals surface area contributed by atoms with Gasteiger partial charge in [0.25, 0.3) is 0 Å². The summed E-state index contributed by atoms with van der Waals surface area (Å²) in [7, 11) is 0.253. The molecule has 0 aliphatic carbocycles. The van der Waals surface area contributed by atoms with Crippen LogP contribution in [0.2, 0.25) is 5.02 Å². The summed E-state index contributed by atoms with van der Waals surface area (Å²) < 4.78 is 31.5. The highest BCUT2D eigenvalue weighted by Crippen LogP contribution is 2.18. The minimum atomic E-state index is -3.63. The van der Waals surface area contributed by atoms with Crippen LogP contribution < -0.4 is 4.72 Å². The number of sulfonamides is 1. The molecule has 0 atom stereocenters. The lowest BCUT2D eigenvalue weighted by molar-refractivity contribution is 0.122. The van der Waals surface area contributed by atoms with Crippen LogP contribution >= 0.6 is 11.6 Å². The number of rotatable bonds is 8. The molecule has 0 amide bonds. The van der Waals surface area contributed by atoms with Crippen molar-refractivity contribution in [2.24, 2.45) is 0 Å². The Morgan fingerprint density at radius 2 is 2.16 bits per heavy atom. The van der Waals surface area contributed by atoms with Crippen LogP contribution in [0, 0.1) is 0 Å². The normalized spacial score (nSPS) is 12.0. The first-order valence-corrected chi connectivity index (χ1v) is 7.61. The summed E-state index contributed by atoms with van der Waals surface area (Å²) in [6.07, 6.45) is 2.66. The van der Waals surface area contributed by atoms with Gasteiger partial charge < -0.3 is 9.64 Å². The summed E-state index contributed by atoms with van der Waals surface area (Å²) in [6, 6.07) is 1.43. The first-order valence-electron chi connectivity index (χ1n) is 5.75. The molecule has 0 bridgehead atoms. The molecule has 1 aromatic rings. The van der Waals surface area contributed by atoms with Gasteiger partial charge in [-0.1, -0.05) is 11.6 Å². The summed E-state index contributed by atoms with van der Waals surface area (Å²) >= 11 is 5.81. The monoisotopic (exact) mass is 307 g/mol. The van der Waals surface area contributed by atoms with Crippen LogP contribution in [0.1, 0.15) is 0 Å². The molecule has 108 valence electrons. The molecule has 0 unspecified atom stereocenters. The van der Waals surface area contributed by atoms with E-state index in [1.807, 2.05) is 19.0 Å². The van der Waals surface area contributed by atoms with Crippen molar-refractivity contribution < 1.29 is 13.2 Å². The molecule has 6 nitrogen and oxygen atoms in total. The maximum Gasteiger partial charge on any atom is 0.243 e. The standard InChI is InChI=1S/C11H18ClN3O3S/c1-15(2)6-8-18-7-5-14-19(16,17)11-9-13-4-3-10(11)12/h3-4,9,14H,5-8H2,1-2H3. The Hall–Kier alpha value is -0.730. The van der Waals surface area contributed by atoms with Crippen LogP contribution in [-0.2, 0) is 14.8 Å². The first kappa shape index (κ1) is 16.3. The van der Waals surface area contributed by atoms with Gasteiger partial charge in [0.2, 0.25) is 10.0 Å². The van der Waals surface area contributed by atoms with Crippen molar-refractivity contribution in [1.29, 1.82) is 0 Å². The van der Waals surface area contributed by atoms with Gasteiger partial charge in [-0.15, -0.1) is 0 Å². The zero-order chi connectivity index (χ0) is 14.3. The number of halogens is 1. The van der Waals surface area contributed by atoms with E-state index in [9.17, 15) is 8.42 Å². The van der Waals surface area contributed by atoms with Gasteiger partial charge in [-0.3, -0.25) is 4.98 Å². The number of ether oxygens (including phenoxy) is 1. The van der Waals surface area contributed by atoms with Gasteiger partial charge in [0, 0.05) is 25.5 Å². The van der Waals surface area contributed by atoms with Crippen molar-refractivity contribution in [3.63, 3.8) is 0 Å². The Bertz CT molecular complexity index is 494. The molecule has 0 spiro atoms. The molecule has 8 heteroatoms. The average Bonchev–Trinajstić information content (AvgIpc) is 2.33. The van der Waals surface area contributed by atoms with Gasteiger partial charge >= 0.3 is 0 Å². The minimum absolute atomic E-state index is 0.0232. The first-order chi connectivity index (χ1) is 8.93. The lowest BCUT2D eigenvalue weighted by Crippen LogP contribution is -2.28. The van der Waals surface area contributed by atoms with Gasteiger partial charge in [0.1, 0.15) is 4.90 Å². The number of nitrogens with one attached hydrogen (secondary N) is 1. The molecule has 1 heterocycles. The number of likely N-dealkylation sites (N-methyl/N-ethyl adjacent to an activating group) is 1. The summed E-state index contributed by atoms with van der Waals surface area (Å²) in [5.41, 5.74) is 0. The molecule has 0 fully saturated rings. The summed E-state index contributed by atoms with van der Waals surface area (Å²) in [5.74, 6) is 0. The van der Waals surface area contributed by atoms with E-state index in [0.717, 1.165) is 6.54 Å². The van der Waals surface area contributed by atoms with E-state index in [-0.39, 0.29) is 16.5 Å². The van der Waals surface area contributed by atoms with Crippen LogP contribution in [-0.4, -0.2) is 58.7 Å². The van der Waals surface area contributed by atoms with Crippen LogP contribution in [0.15, 0.2) is 23.4 Å². The molecular weight excluding hydrogens is 290 g/mol. The van der Waals surface area contributed by atoms with Gasteiger partial charge in [-0.25, -0.2) is 13.1 Å². The average molecular weight is 308 g/mol. The molecule has 0 aliphatic rings. The number of nitrogens with zero attached hydrogens (tertiary/aromatic N) is 2. The quantitative estimate of drug-likeness (QED) is 0.712. The van der Waals surface area contributed by atoms with E-state index < -0.39 is 10.0 Å². The van der Waals surface area contributed by atoms with Crippen LogP contribution in [0.25, 0.3) is 0 Å². The Morgan fingerprint density at radius 3 is 2.79 bits per heavy atom. The highest BCUT2D eigenvalue weighted by molar-refractivity contribution is 7.89. The largest absolute Gasteiger partial charge is 0.379 e. The summed E-state index contributed by atoms with van der Waals surface area (Å²) in [5, 5.41) is 0.149. The maximum absolute atomic E-state index is 11.9. The van der Waals surface area contributed by atoms with Crippen molar-refractivity contribution in [3.05, 3.63) is 23.5 Å². The van der Waals surface area contributed by atoms with E-state index in [0.29, 0.717) is 13.2 Å². The Balaban J connectivity index is 2.38. The fraction of sp³-hybridized carbons (Fsp3) is 0.545. The smallest absolute Gasteiger partial charge is 0.243 e. The maximum atomic E-state index is 11.9. The zero-order valence-corrected chi connectivity index (χ0v) is 12.5. The van der Waals surface area contributed by atoms with E-state index >= 15 is 0 Å². The molecule has 0 saturated carbocycles. The van der Waals surface area contributed by atoms with Gasteiger partial charge in [0.15, 0.2) is 0 Å².